The maximum absolute atomic E-state index is 12.1. The number of carbonyl (C=O) groups is 2. The number of carboxylic acid groups (broad SMARTS) is 1. The molecule has 0 aromatic heterocycles. The zero-order valence-electron chi connectivity index (χ0n) is 9.87. The van der Waals surface area contributed by atoms with Crippen LogP contribution in [0.2, 0.25) is 0 Å². The Hall–Kier alpha value is -1.31. The van der Waals surface area contributed by atoms with Crippen LogP contribution in [0.15, 0.2) is 0 Å². The third kappa shape index (κ3) is 3.86. The molecular weight excluding hydrogens is 255 g/mol. The summed E-state index contributed by atoms with van der Waals surface area (Å²) in [5.74, 6) is -3.32. The van der Waals surface area contributed by atoms with E-state index >= 15 is 0 Å². The Kier molecular flexibility index (Phi) is 3.89. The highest BCUT2D eigenvalue weighted by molar-refractivity contribution is 5.82. The lowest BCUT2D eigenvalue weighted by Crippen LogP contribution is -2.53. The van der Waals surface area contributed by atoms with E-state index in [0.29, 0.717) is 0 Å². The largest absolute Gasteiger partial charge is 0.479 e. The van der Waals surface area contributed by atoms with Crippen molar-refractivity contribution >= 4 is 11.9 Å². The molecule has 18 heavy (non-hydrogen) atoms. The van der Waals surface area contributed by atoms with E-state index in [9.17, 15) is 22.8 Å². The number of alkyl halides is 3. The monoisotopic (exact) mass is 269 g/mol. The van der Waals surface area contributed by atoms with E-state index in [0.717, 1.165) is 0 Å². The number of carbonyl (C=O) groups excluding carboxylic acids is 1. The molecule has 8 heteroatoms. The number of rotatable bonds is 2. The molecule has 0 aromatic rings. The van der Waals surface area contributed by atoms with Gasteiger partial charge in [-0.25, -0.2) is 4.79 Å². The van der Waals surface area contributed by atoms with Gasteiger partial charge in [-0.15, -0.1) is 0 Å². The summed E-state index contributed by atoms with van der Waals surface area (Å²) in [6.45, 7) is 3.13. The van der Waals surface area contributed by atoms with Gasteiger partial charge in [0.2, 0.25) is 0 Å². The molecule has 1 rings (SSSR count). The fraction of sp³-hybridized carbons (Fsp3) is 0.800. The molecule has 1 heterocycles. The second-order valence-electron chi connectivity index (χ2n) is 4.81. The average molecular weight is 269 g/mol. The molecule has 0 spiro atoms. The molecule has 0 aliphatic carbocycles. The Morgan fingerprint density at radius 1 is 1.39 bits per heavy atom. The summed E-state index contributed by atoms with van der Waals surface area (Å²) in [6, 6.07) is -0.871. The predicted molar refractivity (Wildman–Crippen MR) is 53.8 cm³/mol. The molecule has 2 atom stereocenters. The second-order valence-corrected chi connectivity index (χ2v) is 4.81. The Balaban J connectivity index is 2.71. The second kappa shape index (κ2) is 4.75. The summed E-state index contributed by atoms with van der Waals surface area (Å²) >= 11 is 0. The van der Waals surface area contributed by atoms with Crippen LogP contribution in [0.1, 0.15) is 26.7 Å². The van der Waals surface area contributed by atoms with Gasteiger partial charge in [-0.3, -0.25) is 4.79 Å². The van der Waals surface area contributed by atoms with Crippen molar-refractivity contribution in [2.75, 3.05) is 0 Å². The molecule has 1 saturated heterocycles. The first kappa shape index (κ1) is 14.7. The van der Waals surface area contributed by atoms with E-state index in [4.69, 9.17) is 9.84 Å². The van der Waals surface area contributed by atoms with Gasteiger partial charge in [0.15, 0.2) is 6.10 Å². The molecule has 1 aliphatic heterocycles. The van der Waals surface area contributed by atoms with E-state index in [1.165, 1.54) is 0 Å². The SMILES string of the molecule is CC1(C)C[C@H](NC(=O)C(F)(F)F)C[C@@H](C(=O)O)O1. The fourth-order valence-corrected chi connectivity index (χ4v) is 1.94. The van der Waals surface area contributed by atoms with Crippen LogP contribution >= 0.6 is 0 Å². The van der Waals surface area contributed by atoms with E-state index in [1.54, 1.807) is 19.2 Å². The van der Waals surface area contributed by atoms with Crippen molar-refractivity contribution in [3.63, 3.8) is 0 Å². The van der Waals surface area contributed by atoms with Crippen molar-refractivity contribution in [2.24, 2.45) is 0 Å². The van der Waals surface area contributed by atoms with Crippen LogP contribution in [0.5, 0.6) is 0 Å². The molecule has 1 aliphatic rings. The zero-order chi connectivity index (χ0) is 14.1. The van der Waals surface area contributed by atoms with Crippen LogP contribution in [0.25, 0.3) is 0 Å². The first-order valence-corrected chi connectivity index (χ1v) is 5.29. The summed E-state index contributed by atoms with van der Waals surface area (Å²) in [7, 11) is 0. The highest BCUT2D eigenvalue weighted by Crippen LogP contribution is 2.29. The number of nitrogens with one attached hydrogen (secondary N) is 1. The van der Waals surface area contributed by atoms with Gasteiger partial charge >= 0.3 is 18.1 Å². The quantitative estimate of drug-likeness (QED) is 0.786. The number of hydrogen-bond donors (Lipinski definition) is 2. The van der Waals surface area contributed by atoms with Crippen LogP contribution in [0, 0.1) is 0 Å². The summed E-state index contributed by atoms with van der Waals surface area (Å²) in [4.78, 5) is 21.6. The highest BCUT2D eigenvalue weighted by Gasteiger charge is 2.43. The fourth-order valence-electron chi connectivity index (χ4n) is 1.94. The highest BCUT2D eigenvalue weighted by atomic mass is 19.4. The molecule has 5 nitrogen and oxygen atoms in total. The number of carboxylic acids is 1. The molecule has 2 N–H and O–H groups in total. The minimum Gasteiger partial charge on any atom is -0.479 e. The van der Waals surface area contributed by atoms with Gasteiger partial charge in [-0.2, -0.15) is 13.2 Å². The Bertz CT molecular complexity index is 354. The van der Waals surface area contributed by atoms with Crippen LogP contribution < -0.4 is 5.32 Å². The Morgan fingerprint density at radius 3 is 2.39 bits per heavy atom. The van der Waals surface area contributed by atoms with Crippen LogP contribution in [0.4, 0.5) is 13.2 Å². The van der Waals surface area contributed by atoms with Gasteiger partial charge in [-0.05, 0) is 20.3 Å². The maximum atomic E-state index is 12.1. The lowest BCUT2D eigenvalue weighted by atomic mass is 9.90. The molecular formula is C10H14F3NO4. The average Bonchev–Trinajstić information content (AvgIpc) is 2.13. The van der Waals surface area contributed by atoms with Crippen molar-refractivity contribution in [3.05, 3.63) is 0 Å². The van der Waals surface area contributed by atoms with E-state index in [-0.39, 0.29) is 12.8 Å². The first-order valence-electron chi connectivity index (χ1n) is 5.29. The van der Waals surface area contributed by atoms with Crippen molar-refractivity contribution in [1.29, 1.82) is 0 Å². The standard InChI is InChI=1S/C10H14F3NO4/c1-9(2)4-5(3-6(18-9)7(15)16)14-8(17)10(11,12)13/h5-6H,3-4H2,1-2H3,(H,14,17)(H,15,16)/t5-,6+/m1/s1. The minimum atomic E-state index is -4.97. The van der Waals surface area contributed by atoms with Gasteiger partial charge in [0.05, 0.1) is 5.60 Å². The lowest BCUT2D eigenvalue weighted by Gasteiger charge is -2.39. The van der Waals surface area contributed by atoms with Gasteiger partial charge in [0.1, 0.15) is 0 Å². The van der Waals surface area contributed by atoms with Gasteiger partial charge in [0, 0.05) is 12.5 Å². The first-order chi connectivity index (χ1) is 8.01. The van der Waals surface area contributed by atoms with E-state index in [2.05, 4.69) is 0 Å². The Labute approximate surface area is 101 Å². The topological polar surface area (TPSA) is 75.6 Å². The molecule has 104 valence electrons. The lowest BCUT2D eigenvalue weighted by molar-refractivity contribution is -0.181. The number of aliphatic carboxylic acids is 1. The minimum absolute atomic E-state index is 0.124. The molecule has 0 bridgehead atoms. The smallest absolute Gasteiger partial charge is 0.471 e. The predicted octanol–water partition coefficient (Wildman–Crippen LogP) is 1.08. The molecule has 0 aromatic carbocycles. The van der Waals surface area contributed by atoms with Crippen molar-refractivity contribution in [3.8, 4) is 0 Å². The van der Waals surface area contributed by atoms with E-state index < -0.39 is 35.8 Å². The van der Waals surface area contributed by atoms with Gasteiger partial charge in [0.25, 0.3) is 0 Å². The van der Waals surface area contributed by atoms with Crippen LogP contribution in [-0.4, -0.2) is 40.9 Å². The van der Waals surface area contributed by atoms with Crippen LogP contribution in [-0.2, 0) is 14.3 Å². The summed E-state index contributed by atoms with van der Waals surface area (Å²) in [5.41, 5.74) is -0.898. The zero-order valence-corrected chi connectivity index (χ0v) is 9.87. The van der Waals surface area contributed by atoms with E-state index in [1.807, 2.05) is 0 Å². The summed E-state index contributed by atoms with van der Waals surface area (Å²) < 4.78 is 41.5. The molecule has 0 unspecified atom stereocenters. The normalized spacial score (nSPS) is 27.6. The number of hydrogen-bond acceptors (Lipinski definition) is 3. The number of ether oxygens (including phenoxy) is 1. The molecule has 1 fully saturated rings. The maximum Gasteiger partial charge on any atom is 0.471 e. The third-order valence-corrected chi connectivity index (χ3v) is 2.57. The van der Waals surface area contributed by atoms with Crippen molar-refractivity contribution in [2.45, 2.75) is 50.6 Å². The third-order valence-electron chi connectivity index (χ3n) is 2.57. The van der Waals surface area contributed by atoms with Gasteiger partial charge < -0.3 is 15.2 Å². The van der Waals surface area contributed by atoms with Gasteiger partial charge in [-0.1, -0.05) is 0 Å². The summed E-state index contributed by atoms with van der Waals surface area (Å²) in [6.07, 6.45) is -6.24. The molecule has 0 saturated carbocycles. The summed E-state index contributed by atoms with van der Waals surface area (Å²) in [5, 5.41) is 10.6. The van der Waals surface area contributed by atoms with Crippen molar-refractivity contribution in [1.82, 2.24) is 5.32 Å². The molecule has 0 radical (unpaired) electrons. The molecule has 1 amide bonds. The van der Waals surface area contributed by atoms with Crippen LogP contribution in [0.3, 0.4) is 0 Å². The Morgan fingerprint density at radius 2 is 1.94 bits per heavy atom. The number of halogens is 3. The van der Waals surface area contributed by atoms with Crippen molar-refractivity contribution < 1.29 is 32.6 Å². The number of amides is 1.